The van der Waals surface area contributed by atoms with E-state index in [4.69, 9.17) is 0 Å². The van der Waals surface area contributed by atoms with Gasteiger partial charge in [-0.3, -0.25) is 0 Å². The first-order valence-corrected chi connectivity index (χ1v) is 9.23. The zero-order chi connectivity index (χ0) is 21.7. The van der Waals surface area contributed by atoms with Gasteiger partial charge in [-0.1, -0.05) is 32.9 Å². The van der Waals surface area contributed by atoms with Crippen molar-refractivity contribution in [1.82, 2.24) is 9.55 Å². The van der Waals surface area contributed by atoms with E-state index in [0.717, 1.165) is 0 Å². The van der Waals surface area contributed by atoms with Gasteiger partial charge in [0.25, 0.3) is 0 Å². The molecule has 3 rings (SSSR count). The van der Waals surface area contributed by atoms with E-state index in [1.807, 2.05) is 20.8 Å². The SMILES string of the molecule is Cc1c(C(=O)O)nc(C(C)(C)C)n1Cc1cccc(N2CC(O)C2)c1C(F)(F)F. The molecule has 0 saturated carbocycles. The molecule has 0 unspecified atom stereocenters. The fourth-order valence-corrected chi connectivity index (χ4v) is 3.63. The Kier molecular flexibility index (Phi) is 5.15. The van der Waals surface area contributed by atoms with Crippen molar-refractivity contribution in [2.24, 2.45) is 0 Å². The van der Waals surface area contributed by atoms with Gasteiger partial charge in [0.05, 0.1) is 11.7 Å². The van der Waals surface area contributed by atoms with Crippen LogP contribution in [0.1, 0.15) is 53.9 Å². The number of alkyl halides is 3. The largest absolute Gasteiger partial charge is 0.476 e. The Labute approximate surface area is 166 Å². The summed E-state index contributed by atoms with van der Waals surface area (Å²) >= 11 is 0. The van der Waals surface area contributed by atoms with Crippen molar-refractivity contribution in [2.75, 3.05) is 18.0 Å². The van der Waals surface area contributed by atoms with Crippen LogP contribution in [-0.4, -0.2) is 44.9 Å². The molecule has 0 bridgehead atoms. The topological polar surface area (TPSA) is 78.6 Å². The summed E-state index contributed by atoms with van der Waals surface area (Å²) in [6.07, 6.45) is -5.24. The molecule has 9 heteroatoms. The molecule has 0 amide bonds. The Bertz CT molecular complexity index is 939. The zero-order valence-corrected chi connectivity index (χ0v) is 16.7. The summed E-state index contributed by atoms with van der Waals surface area (Å²) in [5.74, 6) is -0.809. The van der Waals surface area contributed by atoms with Crippen molar-refractivity contribution >= 4 is 11.7 Å². The number of hydrogen-bond donors (Lipinski definition) is 2. The van der Waals surface area contributed by atoms with E-state index < -0.39 is 29.2 Å². The lowest BCUT2D eigenvalue weighted by Crippen LogP contribution is -2.51. The number of anilines is 1. The van der Waals surface area contributed by atoms with E-state index in [2.05, 4.69) is 4.98 Å². The second-order valence-corrected chi connectivity index (χ2v) is 8.38. The van der Waals surface area contributed by atoms with E-state index in [0.29, 0.717) is 11.5 Å². The number of hydrogen-bond acceptors (Lipinski definition) is 4. The third-order valence-corrected chi connectivity index (χ3v) is 5.04. The maximum absolute atomic E-state index is 14.0. The van der Waals surface area contributed by atoms with Crippen LogP contribution in [0.15, 0.2) is 18.2 Å². The van der Waals surface area contributed by atoms with Crippen LogP contribution in [-0.2, 0) is 18.1 Å². The van der Waals surface area contributed by atoms with Crippen LogP contribution >= 0.6 is 0 Å². The quantitative estimate of drug-likeness (QED) is 0.806. The molecule has 6 nitrogen and oxygen atoms in total. The number of aromatic carboxylic acids is 1. The molecular weight excluding hydrogens is 387 g/mol. The number of aromatic nitrogens is 2. The standard InChI is InChI=1S/C20H24F3N3O3/c1-11-16(17(28)29)24-18(19(2,3)4)26(11)8-12-6-5-7-14(15(12)20(21,22)23)25-9-13(27)10-25/h5-7,13,27H,8-10H2,1-4H3,(H,28,29). The van der Waals surface area contributed by atoms with E-state index in [9.17, 15) is 28.2 Å². The second kappa shape index (κ2) is 7.05. The van der Waals surface area contributed by atoms with Crippen molar-refractivity contribution in [1.29, 1.82) is 0 Å². The van der Waals surface area contributed by atoms with Crippen molar-refractivity contribution in [2.45, 2.75) is 51.9 Å². The number of aliphatic hydroxyl groups excluding tert-OH is 1. The monoisotopic (exact) mass is 411 g/mol. The Hall–Kier alpha value is -2.55. The molecule has 0 atom stereocenters. The van der Waals surface area contributed by atoms with Crippen LogP contribution in [0.4, 0.5) is 18.9 Å². The normalized spacial score (nSPS) is 15.5. The average Bonchev–Trinajstić information content (AvgIpc) is 2.88. The van der Waals surface area contributed by atoms with Crippen LogP contribution in [0.3, 0.4) is 0 Å². The highest BCUT2D eigenvalue weighted by Gasteiger charge is 2.40. The molecule has 1 aliphatic rings. The van der Waals surface area contributed by atoms with Crippen LogP contribution in [0.2, 0.25) is 0 Å². The molecule has 1 saturated heterocycles. The highest BCUT2D eigenvalue weighted by atomic mass is 19.4. The third-order valence-electron chi connectivity index (χ3n) is 5.04. The number of aliphatic hydroxyl groups is 1. The molecule has 158 valence electrons. The summed E-state index contributed by atoms with van der Waals surface area (Å²) in [4.78, 5) is 17.2. The molecule has 1 aliphatic heterocycles. The predicted octanol–water partition coefficient (Wildman–Crippen LogP) is 3.44. The summed E-state index contributed by atoms with van der Waals surface area (Å²) in [6.45, 7) is 7.19. The molecule has 2 heterocycles. The molecular formula is C20H24F3N3O3. The zero-order valence-electron chi connectivity index (χ0n) is 16.7. The molecule has 0 spiro atoms. The lowest BCUT2D eigenvalue weighted by atomic mass is 9.95. The summed E-state index contributed by atoms with van der Waals surface area (Å²) < 4.78 is 43.5. The van der Waals surface area contributed by atoms with E-state index in [1.54, 1.807) is 17.6 Å². The van der Waals surface area contributed by atoms with Gasteiger partial charge < -0.3 is 19.7 Å². The number of carboxylic acids is 1. The van der Waals surface area contributed by atoms with Gasteiger partial charge >= 0.3 is 12.1 Å². The van der Waals surface area contributed by atoms with Crippen molar-refractivity contribution in [3.63, 3.8) is 0 Å². The molecule has 2 N–H and O–H groups in total. The van der Waals surface area contributed by atoms with Crippen molar-refractivity contribution < 1.29 is 28.2 Å². The van der Waals surface area contributed by atoms with Gasteiger partial charge in [-0.05, 0) is 18.6 Å². The maximum atomic E-state index is 14.0. The number of carbonyl (C=O) groups is 1. The molecule has 29 heavy (non-hydrogen) atoms. The van der Waals surface area contributed by atoms with Crippen LogP contribution in [0, 0.1) is 6.92 Å². The molecule has 1 aromatic carbocycles. The number of β-amino-alcohol motifs (C(OH)–C–C–N with tert-alkyl or cyclic N) is 1. The molecule has 1 fully saturated rings. The number of halogens is 3. The lowest BCUT2D eigenvalue weighted by Gasteiger charge is -2.39. The average molecular weight is 411 g/mol. The number of rotatable bonds is 4. The maximum Gasteiger partial charge on any atom is 0.418 e. The number of imidazole rings is 1. The van der Waals surface area contributed by atoms with E-state index in [1.165, 1.54) is 17.0 Å². The van der Waals surface area contributed by atoms with Gasteiger partial charge in [-0.2, -0.15) is 13.2 Å². The summed E-state index contributed by atoms with van der Waals surface area (Å²) in [5.41, 5.74) is -1.13. The van der Waals surface area contributed by atoms with Crippen molar-refractivity contribution in [3.8, 4) is 0 Å². The smallest absolute Gasteiger partial charge is 0.418 e. The van der Waals surface area contributed by atoms with Gasteiger partial charge in [0.15, 0.2) is 5.69 Å². The van der Waals surface area contributed by atoms with Crippen molar-refractivity contribution in [3.05, 3.63) is 46.5 Å². The Morgan fingerprint density at radius 3 is 2.34 bits per heavy atom. The second-order valence-electron chi connectivity index (χ2n) is 8.38. The highest BCUT2D eigenvalue weighted by Crippen LogP contribution is 2.41. The van der Waals surface area contributed by atoms with Gasteiger partial charge in [-0.25, -0.2) is 9.78 Å². The van der Waals surface area contributed by atoms with Crippen LogP contribution in [0.25, 0.3) is 0 Å². The third kappa shape index (κ3) is 3.96. The molecule has 0 radical (unpaired) electrons. The fourth-order valence-electron chi connectivity index (χ4n) is 3.63. The van der Waals surface area contributed by atoms with Gasteiger partial charge in [0, 0.05) is 36.4 Å². The minimum absolute atomic E-state index is 0.0221. The van der Waals surface area contributed by atoms with E-state index >= 15 is 0 Å². The minimum Gasteiger partial charge on any atom is -0.476 e. The summed E-state index contributed by atoms with van der Waals surface area (Å²) in [7, 11) is 0. The molecule has 1 aromatic heterocycles. The first-order valence-electron chi connectivity index (χ1n) is 9.23. The predicted molar refractivity (Wildman–Crippen MR) is 101 cm³/mol. The first-order chi connectivity index (χ1) is 13.3. The first kappa shape index (κ1) is 21.2. The Balaban J connectivity index is 2.14. The fraction of sp³-hybridized carbons (Fsp3) is 0.500. The van der Waals surface area contributed by atoms with Crippen LogP contribution in [0.5, 0.6) is 0 Å². The van der Waals surface area contributed by atoms with Gasteiger partial charge in [0.1, 0.15) is 5.82 Å². The molecule has 2 aromatic rings. The number of carboxylic acid groups (broad SMARTS) is 1. The summed E-state index contributed by atoms with van der Waals surface area (Å²) in [5, 5.41) is 18.9. The minimum atomic E-state index is -4.60. The highest BCUT2D eigenvalue weighted by molar-refractivity contribution is 5.86. The van der Waals surface area contributed by atoms with Crippen LogP contribution < -0.4 is 4.90 Å². The molecule has 0 aliphatic carbocycles. The van der Waals surface area contributed by atoms with E-state index in [-0.39, 0.29) is 36.6 Å². The summed E-state index contributed by atoms with van der Waals surface area (Å²) in [6, 6.07) is 4.34. The van der Waals surface area contributed by atoms with Gasteiger partial charge in [-0.15, -0.1) is 0 Å². The Morgan fingerprint density at radius 2 is 1.86 bits per heavy atom. The Morgan fingerprint density at radius 1 is 1.24 bits per heavy atom. The number of benzene rings is 1. The number of nitrogens with zero attached hydrogens (tertiary/aromatic N) is 3. The lowest BCUT2D eigenvalue weighted by molar-refractivity contribution is -0.137. The van der Waals surface area contributed by atoms with Gasteiger partial charge in [0.2, 0.25) is 0 Å².